The first-order valence-corrected chi connectivity index (χ1v) is 7.35. The smallest absolute Gasteiger partial charge is 0.239 e. The lowest BCUT2D eigenvalue weighted by atomic mass is 10.2. The quantitative estimate of drug-likeness (QED) is 0.644. The Labute approximate surface area is 118 Å². The van der Waals surface area contributed by atoms with E-state index in [-0.39, 0.29) is 0 Å². The molecule has 0 radical (unpaired) electrons. The summed E-state index contributed by atoms with van der Waals surface area (Å²) in [6, 6.07) is 8.82. The average Bonchev–Trinajstić information content (AvgIpc) is 3.37. The van der Waals surface area contributed by atoms with E-state index in [0.717, 1.165) is 29.2 Å². The van der Waals surface area contributed by atoms with Crippen LogP contribution in [0.3, 0.4) is 0 Å². The maximum atomic E-state index is 5.52. The van der Waals surface area contributed by atoms with E-state index in [2.05, 4.69) is 26.4 Å². The fourth-order valence-corrected chi connectivity index (χ4v) is 2.72. The van der Waals surface area contributed by atoms with E-state index >= 15 is 0 Å². The Morgan fingerprint density at radius 2 is 1.95 bits per heavy atom. The molecule has 2 saturated carbocycles. The monoisotopic (exact) mass is 269 g/mol. The van der Waals surface area contributed by atoms with E-state index < -0.39 is 0 Å². The molecule has 1 heterocycles. The van der Waals surface area contributed by atoms with Crippen molar-refractivity contribution in [1.82, 2.24) is 9.97 Å². The molecule has 0 unspecified atom stereocenters. The maximum Gasteiger partial charge on any atom is 0.239 e. The molecule has 0 spiro atoms. The summed E-state index contributed by atoms with van der Waals surface area (Å²) in [6.07, 6.45) is 5.26. The minimum atomic E-state index is 0.500. The van der Waals surface area contributed by atoms with Gasteiger partial charge in [0.05, 0.1) is 5.52 Å². The Bertz CT molecular complexity index is 633. The Balaban J connectivity index is 1.82. The number of nitrogens with zero attached hydrogens (tertiary/aromatic N) is 3. The molecule has 20 heavy (non-hydrogen) atoms. The molecule has 3 N–H and O–H groups in total. The molecule has 1 aromatic carbocycles. The maximum absolute atomic E-state index is 5.52. The van der Waals surface area contributed by atoms with Crippen LogP contribution in [-0.4, -0.2) is 22.6 Å². The summed E-state index contributed by atoms with van der Waals surface area (Å²) in [5, 5.41) is 1.12. The summed E-state index contributed by atoms with van der Waals surface area (Å²) in [4.78, 5) is 11.6. The number of nitrogens with two attached hydrogens (primary N) is 1. The first kappa shape index (κ1) is 11.9. The van der Waals surface area contributed by atoms with E-state index in [1.54, 1.807) is 0 Å². The third-order valence-corrected chi connectivity index (χ3v) is 4.12. The molecular formula is C15H19N5. The normalized spacial score (nSPS) is 18.2. The zero-order valence-electron chi connectivity index (χ0n) is 11.4. The number of nitrogens with one attached hydrogen (secondary N) is 1. The second kappa shape index (κ2) is 4.59. The molecular weight excluding hydrogens is 250 g/mol. The molecule has 1 aromatic heterocycles. The molecule has 4 rings (SSSR count). The lowest BCUT2D eigenvalue weighted by Gasteiger charge is -2.25. The van der Waals surface area contributed by atoms with Crippen molar-refractivity contribution in [3.63, 3.8) is 0 Å². The van der Waals surface area contributed by atoms with Crippen LogP contribution in [0.4, 0.5) is 11.8 Å². The molecule has 2 aromatic rings. The van der Waals surface area contributed by atoms with Crippen LogP contribution in [0.25, 0.3) is 10.9 Å². The lowest BCUT2D eigenvalue weighted by molar-refractivity contribution is 0.711. The molecule has 0 saturated heterocycles. The first-order valence-electron chi connectivity index (χ1n) is 7.35. The van der Waals surface area contributed by atoms with Gasteiger partial charge >= 0.3 is 0 Å². The van der Waals surface area contributed by atoms with Gasteiger partial charge in [0, 0.05) is 18.0 Å². The Hall–Kier alpha value is -1.88. The number of hydrogen-bond donors (Lipinski definition) is 2. The number of aromatic nitrogens is 2. The van der Waals surface area contributed by atoms with Crippen LogP contribution in [0.5, 0.6) is 0 Å². The second-order valence-electron chi connectivity index (χ2n) is 5.86. The third-order valence-electron chi connectivity index (χ3n) is 4.12. The largest absolute Gasteiger partial charge is 0.353 e. The number of nitrogen functional groups attached to an aromatic ring is 1. The van der Waals surface area contributed by atoms with Gasteiger partial charge in [0.15, 0.2) is 0 Å². The van der Waals surface area contributed by atoms with E-state index in [0.29, 0.717) is 12.0 Å². The highest BCUT2D eigenvalue weighted by molar-refractivity contribution is 5.90. The van der Waals surface area contributed by atoms with Crippen molar-refractivity contribution in [2.75, 3.05) is 16.9 Å². The van der Waals surface area contributed by atoms with Gasteiger partial charge in [-0.2, -0.15) is 4.98 Å². The van der Waals surface area contributed by atoms with Crippen LogP contribution >= 0.6 is 0 Å². The van der Waals surface area contributed by atoms with Gasteiger partial charge in [-0.05, 0) is 43.7 Å². The van der Waals surface area contributed by atoms with Crippen LogP contribution in [0, 0.1) is 5.92 Å². The van der Waals surface area contributed by atoms with E-state index in [4.69, 9.17) is 5.84 Å². The van der Waals surface area contributed by atoms with Gasteiger partial charge in [-0.15, -0.1) is 0 Å². The topological polar surface area (TPSA) is 67.1 Å². The van der Waals surface area contributed by atoms with Gasteiger partial charge in [0.2, 0.25) is 5.95 Å². The number of para-hydroxylation sites is 1. The summed E-state index contributed by atoms with van der Waals surface area (Å²) < 4.78 is 0. The van der Waals surface area contributed by atoms with Crippen molar-refractivity contribution in [3.8, 4) is 0 Å². The van der Waals surface area contributed by atoms with Crippen LogP contribution < -0.4 is 16.2 Å². The van der Waals surface area contributed by atoms with Crippen LogP contribution in [-0.2, 0) is 0 Å². The van der Waals surface area contributed by atoms with Crippen molar-refractivity contribution < 1.29 is 0 Å². The number of fused-ring (bicyclic) bond motifs is 1. The number of hydrogen-bond acceptors (Lipinski definition) is 5. The van der Waals surface area contributed by atoms with Crippen molar-refractivity contribution >= 4 is 22.7 Å². The minimum Gasteiger partial charge on any atom is -0.353 e. The van der Waals surface area contributed by atoms with Crippen LogP contribution in [0.2, 0.25) is 0 Å². The minimum absolute atomic E-state index is 0.500. The molecule has 5 nitrogen and oxygen atoms in total. The standard InChI is InChI=1S/C15H19N5/c16-19-15-17-13-4-2-1-3-12(13)14(18-15)20(11-7-8-11)9-10-5-6-10/h1-4,10-11H,5-9,16H2,(H,17,18,19). The van der Waals surface area contributed by atoms with Crippen LogP contribution in [0.15, 0.2) is 24.3 Å². The summed E-state index contributed by atoms with van der Waals surface area (Å²) in [7, 11) is 0. The lowest BCUT2D eigenvalue weighted by Crippen LogP contribution is -2.29. The molecule has 0 amide bonds. The molecule has 5 heteroatoms. The molecule has 0 aliphatic heterocycles. The van der Waals surface area contributed by atoms with E-state index in [9.17, 15) is 0 Å². The molecule has 104 valence electrons. The zero-order chi connectivity index (χ0) is 13.5. The summed E-state index contributed by atoms with van der Waals surface area (Å²) in [6.45, 7) is 1.12. The number of rotatable bonds is 5. The predicted molar refractivity (Wildman–Crippen MR) is 80.4 cm³/mol. The number of hydrazine groups is 1. The van der Waals surface area contributed by atoms with Gasteiger partial charge in [-0.3, -0.25) is 5.43 Å². The molecule has 2 aliphatic carbocycles. The van der Waals surface area contributed by atoms with Gasteiger partial charge in [-0.1, -0.05) is 12.1 Å². The van der Waals surface area contributed by atoms with Gasteiger partial charge in [0.25, 0.3) is 0 Å². The SMILES string of the molecule is NNc1nc(N(CC2CC2)C2CC2)c2ccccc2n1. The molecule has 0 atom stereocenters. The van der Waals surface area contributed by atoms with Crippen molar-refractivity contribution in [2.24, 2.45) is 11.8 Å². The summed E-state index contributed by atoms with van der Waals surface area (Å²) >= 11 is 0. The number of anilines is 2. The fraction of sp³-hybridized carbons (Fsp3) is 0.467. The van der Waals surface area contributed by atoms with E-state index in [1.165, 1.54) is 25.7 Å². The van der Waals surface area contributed by atoms with Crippen molar-refractivity contribution in [1.29, 1.82) is 0 Å². The van der Waals surface area contributed by atoms with E-state index in [1.807, 2.05) is 18.2 Å². The highest BCUT2D eigenvalue weighted by atomic mass is 15.3. The van der Waals surface area contributed by atoms with Gasteiger partial charge in [0.1, 0.15) is 5.82 Å². The molecule has 0 bridgehead atoms. The highest BCUT2D eigenvalue weighted by Crippen LogP contribution is 2.39. The zero-order valence-corrected chi connectivity index (χ0v) is 11.4. The van der Waals surface area contributed by atoms with Gasteiger partial charge in [-0.25, -0.2) is 10.8 Å². The average molecular weight is 269 g/mol. The Kier molecular flexibility index (Phi) is 2.73. The van der Waals surface area contributed by atoms with Gasteiger partial charge < -0.3 is 4.90 Å². The Morgan fingerprint density at radius 1 is 1.15 bits per heavy atom. The Morgan fingerprint density at radius 3 is 2.65 bits per heavy atom. The van der Waals surface area contributed by atoms with Crippen molar-refractivity contribution in [2.45, 2.75) is 31.7 Å². The first-order chi connectivity index (χ1) is 9.85. The van der Waals surface area contributed by atoms with Crippen LogP contribution in [0.1, 0.15) is 25.7 Å². The van der Waals surface area contributed by atoms with Crippen molar-refractivity contribution in [3.05, 3.63) is 24.3 Å². The fourth-order valence-electron chi connectivity index (χ4n) is 2.72. The predicted octanol–water partition coefficient (Wildman–Crippen LogP) is 2.29. The number of benzene rings is 1. The summed E-state index contributed by atoms with van der Waals surface area (Å²) in [5.41, 5.74) is 3.54. The molecule has 2 aliphatic rings. The third kappa shape index (κ3) is 2.18. The highest BCUT2D eigenvalue weighted by Gasteiger charge is 2.35. The summed E-state index contributed by atoms with van der Waals surface area (Å²) in [5.74, 6) is 7.91. The second-order valence-corrected chi connectivity index (χ2v) is 5.86. The molecule has 2 fully saturated rings.